The molecule has 4 rings (SSSR count). The summed E-state index contributed by atoms with van der Waals surface area (Å²) in [5.41, 5.74) is -2.02. The zero-order valence-corrected chi connectivity index (χ0v) is 23.0. The summed E-state index contributed by atoms with van der Waals surface area (Å²) in [4.78, 5) is 14.4. The Kier molecular flexibility index (Phi) is 9.32. The molecular formula is C27H30F6N4O3S. The summed E-state index contributed by atoms with van der Waals surface area (Å²) in [7, 11) is 0. The fourth-order valence-corrected chi connectivity index (χ4v) is 5.48. The van der Waals surface area contributed by atoms with Crippen LogP contribution in [0.2, 0.25) is 0 Å². The number of nitro groups is 1. The van der Waals surface area contributed by atoms with Crippen molar-refractivity contribution in [3.8, 4) is 0 Å². The molecule has 2 aromatic rings. The maximum absolute atomic E-state index is 13.3. The predicted molar refractivity (Wildman–Crippen MR) is 146 cm³/mol. The molecule has 1 saturated heterocycles. The maximum atomic E-state index is 13.3. The summed E-state index contributed by atoms with van der Waals surface area (Å²) in [6.07, 6.45) is -6.69. The van der Waals surface area contributed by atoms with E-state index < -0.39 is 34.1 Å². The number of benzene rings is 2. The van der Waals surface area contributed by atoms with Gasteiger partial charge in [0.05, 0.1) is 23.2 Å². The molecule has 1 aliphatic carbocycles. The first kappa shape index (κ1) is 30.8. The largest absolute Gasteiger partial charge is 0.423 e. The Hall–Kier alpha value is -3.13. The van der Waals surface area contributed by atoms with Gasteiger partial charge in [-0.1, -0.05) is 18.3 Å². The monoisotopic (exact) mass is 604 g/mol. The molecule has 7 nitrogen and oxygen atoms in total. The van der Waals surface area contributed by atoms with Crippen LogP contribution >= 0.6 is 12.2 Å². The van der Waals surface area contributed by atoms with E-state index in [9.17, 15) is 36.5 Å². The van der Waals surface area contributed by atoms with Crippen LogP contribution in [0.15, 0.2) is 36.4 Å². The number of nitrogens with one attached hydrogen (secondary N) is 1. The number of hydrogen-bond donors (Lipinski definition) is 1. The molecule has 1 aliphatic heterocycles. The Morgan fingerprint density at radius 1 is 0.976 bits per heavy atom. The Balaban J connectivity index is 1.21. The van der Waals surface area contributed by atoms with Gasteiger partial charge in [-0.25, -0.2) is 0 Å². The van der Waals surface area contributed by atoms with Crippen molar-refractivity contribution < 1.29 is 36.0 Å². The van der Waals surface area contributed by atoms with E-state index in [1.54, 1.807) is 6.07 Å². The number of halogens is 6. The van der Waals surface area contributed by atoms with Crippen molar-refractivity contribution in [2.45, 2.75) is 57.1 Å². The van der Waals surface area contributed by atoms with Crippen molar-refractivity contribution in [1.29, 1.82) is 0 Å². The number of piperazine rings is 1. The lowest BCUT2D eigenvalue weighted by Crippen LogP contribution is -2.49. The van der Waals surface area contributed by atoms with Gasteiger partial charge in [-0.3, -0.25) is 10.1 Å². The number of nitro benzene ring substituents is 1. The number of alkyl halides is 6. The second-order valence-electron chi connectivity index (χ2n) is 10.3. The van der Waals surface area contributed by atoms with E-state index in [2.05, 4.69) is 5.32 Å². The SMILES string of the molecule is Cc1ccc(N2CCN(C(=S)COC3CCC(Nc4ccc([N+](=O)[O-])c(C(F)(F)F)c4)CC3)CC2)cc1C(F)(F)F. The lowest BCUT2D eigenvalue weighted by Gasteiger charge is -2.38. The summed E-state index contributed by atoms with van der Waals surface area (Å²) in [5.74, 6) is 0. The first-order valence-electron chi connectivity index (χ1n) is 13.2. The molecule has 0 radical (unpaired) electrons. The Labute approximate surface area is 238 Å². The fraction of sp³-hybridized carbons (Fsp3) is 0.519. The summed E-state index contributed by atoms with van der Waals surface area (Å²) in [6, 6.07) is 7.19. The van der Waals surface area contributed by atoms with Gasteiger partial charge in [0.15, 0.2) is 0 Å². The molecule has 0 spiro atoms. The van der Waals surface area contributed by atoms with E-state index in [1.165, 1.54) is 25.1 Å². The third-order valence-electron chi connectivity index (χ3n) is 7.51. The predicted octanol–water partition coefficient (Wildman–Crippen LogP) is 6.83. The van der Waals surface area contributed by atoms with Crippen molar-refractivity contribution in [3.05, 3.63) is 63.2 Å². The van der Waals surface area contributed by atoms with Gasteiger partial charge in [0, 0.05) is 49.7 Å². The summed E-state index contributed by atoms with van der Waals surface area (Å²) < 4.78 is 85.7. The van der Waals surface area contributed by atoms with Gasteiger partial charge in [0.2, 0.25) is 0 Å². The topological polar surface area (TPSA) is 70.9 Å². The average Bonchev–Trinajstić information content (AvgIpc) is 2.91. The molecule has 2 aliphatic rings. The van der Waals surface area contributed by atoms with Crippen LogP contribution in [0.1, 0.15) is 42.4 Å². The van der Waals surface area contributed by atoms with Crippen LogP contribution in [0.4, 0.5) is 43.4 Å². The van der Waals surface area contributed by atoms with Crippen molar-refractivity contribution in [3.63, 3.8) is 0 Å². The number of rotatable bonds is 7. The number of thiocarbonyl (C=S) groups is 1. The molecule has 0 bridgehead atoms. The molecule has 0 aromatic heterocycles. The molecular weight excluding hydrogens is 574 g/mol. The van der Waals surface area contributed by atoms with Crippen LogP contribution < -0.4 is 10.2 Å². The van der Waals surface area contributed by atoms with Crippen LogP contribution in [0, 0.1) is 17.0 Å². The minimum Gasteiger partial charge on any atom is -0.382 e. The van der Waals surface area contributed by atoms with Gasteiger partial charge in [-0.15, -0.1) is 0 Å². The Bertz CT molecular complexity index is 1260. The van der Waals surface area contributed by atoms with Crippen LogP contribution in [0.5, 0.6) is 0 Å². The quantitative estimate of drug-likeness (QED) is 0.161. The highest BCUT2D eigenvalue weighted by Gasteiger charge is 2.39. The molecule has 1 N–H and O–H groups in total. The third kappa shape index (κ3) is 7.79. The number of ether oxygens (including phenoxy) is 1. The molecule has 1 heterocycles. The lowest BCUT2D eigenvalue weighted by atomic mass is 9.92. The smallest absolute Gasteiger partial charge is 0.382 e. The first-order valence-corrected chi connectivity index (χ1v) is 13.6. The van der Waals surface area contributed by atoms with Crippen molar-refractivity contribution >= 4 is 34.3 Å². The van der Waals surface area contributed by atoms with Gasteiger partial charge in [-0.2, -0.15) is 26.3 Å². The van der Waals surface area contributed by atoms with E-state index in [4.69, 9.17) is 17.0 Å². The van der Waals surface area contributed by atoms with Gasteiger partial charge < -0.3 is 19.9 Å². The van der Waals surface area contributed by atoms with E-state index in [0.717, 1.165) is 12.1 Å². The van der Waals surface area contributed by atoms with E-state index in [1.807, 2.05) is 9.80 Å². The minimum absolute atomic E-state index is 0.0665. The summed E-state index contributed by atoms with van der Waals surface area (Å²) in [6.45, 7) is 3.84. The van der Waals surface area contributed by atoms with Crippen LogP contribution in [0.3, 0.4) is 0 Å². The van der Waals surface area contributed by atoms with Crippen molar-refractivity contribution in [2.75, 3.05) is 43.0 Å². The van der Waals surface area contributed by atoms with Gasteiger partial charge in [-0.05, 0) is 62.4 Å². The van der Waals surface area contributed by atoms with E-state index in [-0.39, 0.29) is 30.0 Å². The highest BCUT2D eigenvalue weighted by molar-refractivity contribution is 7.80. The number of hydrogen-bond acceptors (Lipinski definition) is 6. The fourth-order valence-electron chi connectivity index (χ4n) is 5.23. The second-order valence-corrected chi connectivity index (χ2v) is 10.8. The molecule has 0 atom stereocenters. The van der Waals surface area contributed by atoms with Crippen LogP contribution in [-0.4, -0.2) is 59.7 Å². The van der Waals surface area contributed by atoms with Crippen molar-refractivity contribution in [1.82, 2.24) is 4.90 Å². The molecule has 0 amide bonds. The van der Waals surface area contributed by atoms with Gasteiger partial charge in [0.25, 0.3) is 5.69 Å². The van der Waals surface area contributed by atoms with E-state index >= 15 is 0 Å². The van der Waals surface area contributed by atoms with Crippen LogP contribution in [-0.2, 0) is 17.1 Å². The zero-order chi connectivity index (χ0) is 29.9. The number of anilines is 2. The molecule has 2 aromatic carbocycles. The molecule has 41 heavy (non-hydrogen) atoms. The molecule has 2 fully saturated rings. The van der Waals surface area contributed by atoms with Gasteiger partial charge >= 0.3 is 12.4 Å². The summed E-state index contributed by atoms with van der Waals surface area (Å²) >= 11 is 5.55. The molecule has 0 unspecified atom stereocenters. The number of nitrogens with zero attached hydrogens (tertiary/aromatic N) is 3. The molecule has 14 heteroatoms. The maximum Gasteiger partial charge on any atom is 0.423 e. The van der Waals surface area contributed by atoms with Crippen molar-refractivity contribution in [2.24, 2.45) is 0 Å². The molecule has 224 valence electrons. The summed E-state index contributed by atoms with van der Waals surface area (Å²) in [5, 5.41) is 14.0. The highest BCUT2D eigenvalue weighted by Crippen LogP contribution is 2.38. The first-order chi connectivity index (χ1) is 19.2. The average molecular weight is 605 g/mol. The zero-order valence-electron chi connectivity index (χ0n) is 22.2. The Morgan fingerprint density at radius 3 is 2.20 bits per heavy atom. The second kappa shape index (κ2) is 12.4. The van der Waals surface area contributed by atoms with Gasteiger partial charge in [0.1, 0.15) is 10.6 Å². The highest BCUT2D eigenvalue weighted by atomic mass is 32.1. The molecule has 1 saturated carbocycles. The standard InChI is InChI=1S/C27H30F6N4O3S/c1-17-2-6-20(15-22(17)26(28,29)30)35-10-12-36(13-11-35)25(41)16-40-21-7-3-18(4-8-21)34-19-5-9-24(37(38)39)23(14-19)27(31,32)33/h2,5-6,9,14-15,18,21,34H,3-4,7-8,10-13,16H2,1H3. The minimum atomic E-state index is -4.84. The Morgan fingerprint density at radius 2 is 1.61 bits per heavy atom. The third-order valence-corrected chi connectivity index (χ3v) is 7.89. The van der Waals surface area contributed by atoms with Crippen LogP contribution in [0.25, 0.3) is 0 Å². The van der Waals surface area contributed by atoms with E-state index in [0.29, 0.717) is 62.5 Å². The lowest BCUT2D eigenvalue weighted by molar-refractivity contribution is -0.388. The number of aryl methyl sites for hydroxylation is 1. The normalized spacial score (nSPS) is 20.2.